The largest absolute Gasteiger partial charge is 0.507 e. The van der Waals surface area contributed by atoms with E-state index in [1.807, 2.05) is 245 Å². The van der Waals surface area contributed by atoms with E-state index in [9.17, 15) is 44.1 Å². The van der Waals surface area contributed by atoms with Crippen molar-refractivity contribution in [3.8, 4) is 0 Å². The van der Waals surface area contributed by atoms with E-state index in [-0.39, 0.29) is 40.4 Å². The number of aliphatic carboxylic acids is 1. The van der Waals surface area contributed by atoms with Crippen molar-refractivity contribution in [3.63, 3.8) is 0 Å². The minimum absolute atomic E-state index is 0.0101. The molecule has 0 fully saturated rings. The number of carboxylic acids is 1. The highest BCUT2D eigenvalue weighted by Gasteiger charge is 2.23. The number of allylic oxidation sites excluding steroid dienone is 2. The highest BCUT2D eigenvalue weighted by Crippen LogP contribution is 2.35. The number of aliphatic hydroxyl groups excluding tert-OH is 3. The maximum Gasteiger partial charge on any atom is 0.376 e. The van der Waals surface area contributed by atoms with Gasteiger partial charge < -0.3 is 44.5 Å². The van der Waals surface area contributed by atoms with Gasteiger partial charge in [0.15, 0.2) is 23.1 Å². The number of hydrogen-bond donors (Lipinski definition) is 7. The number of aliphatic hydroxyl groups is 3. The number of ketones is 5. The van der Waals surface area contributed by atoms with Crippen LogP contribution in [0, 0.1) is 0 Å². The van der Waals surface area contributed by atoms with Crippen LogP contribution in [0.5, 0.6) is 0 Å². The Balaban J connectivity index is 0.000000135. The average Bonchev–Trinajstić information content (AvgIpc) is 1.64. The summed E-state index contributed by atoms with van der Waals surface area (Å²) in [5.74, 6) is -3.18. The van der Waals surface area contributed by atoms with Gasteiger partial charge in [-0.25, -0.2) is 4.79 Å². The first kappa shape index (κ1) is 75.5. The second kappa shape index (κ2) is 35.2. The Morgan fingerprint density at radius 3 is 0.889 bits per heavy atom. The van der Waals surface area contributed by atoms with E-state index >= 15 is 0 Å². The fraction of sp³-hybridized carbons (Fsp3) is 0.118. The SMILES string of the molecule is CC(=O)C=C(O)c1c(Cc2ccccc2)[nH]c2ccccc12.CC(=O)C=C(O)c1c(Cc2ccccc2)n(C)c2ccccc12.CC(=O)c1c(Cc2ccccc2)[nH]c2ccccc12.CC(=O)c1c(Cc2ccccc2)n(C)c2ccccc12.O=C(O)C(=O)C=C(O)c1c(Cc2ccccc2)[nH]c2ccccc12. The molecular formula is C93H83N5O10. The van der Waals surface area contributed by atoms with E-state index in [1.54, 1.807) is 13.8 Å². The maximum atomic E-state index is 12.1. The first-order valence-electron chi connectivity index (χ1n) is 35.4. The monoisotopic (exact) mass is 1430 g/mol. The zero-order chi connectivity index (χ0) is 76.4. The molecule has 0 radical (unpaired) electrons. The number of hydrogen-bond acceptors (Lipinski definition) is 9. The van der Waals surface area contributed by atoms with Crippen molar-refractivity contribution < 1.29 is 49.2 Å². The van der Waals surface area contributed by atoms with Crippen molar-refractivity contribution in [2.45, 2.75) is 59.8 Å². The van der Waals surface area contributed by atoms with Gasteiger partial charge in [-0.3, -0.25) is 24.0 Å². The van der Waals surface area contributed by atoms with Gasteiger partial charge in [-0.1, -0.05) is 243 Å². The third-order valence-electron chi connectivity index (χ3n) is 18.5. The standard InChI is InChI=1S/C20H19NO2.C19H15NO4.C19H17NO2.C18H17NO.C17H15NO/c1-14(22)12-19(23)20-16-10-6-7-11-17(16)21(2)18(20)13-15-8-4-3-5-9-15;21-16(11-17(22)19(23)24)18-13-8-4-5-9-14(13)20-15(18)10-12-6-2-1-3-7-12;1-13(21)11-18(22)19-15-9-5-6-10-16(15)20-17(19)12-14-7-3-2-4-8-14;1-13(20)18-15-10-6-7-11-16(15)19(2)17(18)12-14-8-4-3-5-9-14;1-12(19)17-14-9-5-6-10-15(14)18-16(17)11-13-7-3-2-4-8-13/h3-12,23H,13H2,1-2H3;1-9,11,20-21H,10H2,(H,23,24);2-11,20,22H,12H2,1H3;3-11H,12H2,1-2H3;2-10,18H,11H2,1H3. The number of carbonyl (C=O) groups excluding carboxylic acids is 5. The molecule has 0 saturated heterocycles. The molecule has 10 aromatic carbocycles. The molecule has 0 aliphatic rings. The van der Waals surface area contributed by atoms with E-state index in [1.165, 1.54) is 37.1 Å². The van der Waals surface area contributed by atoms with Gasteiger partial charge in [0.1, 0.15) is 17.3 Å². The van der Waals surface area contributed by atoms with Crippen LogP contribution >= 0.6 is 0 Å². The molecule has 15 nitrogen and oxygen atoms in total. The van der Waals surface area contributed by atoms with Crippen LogP contribution in [0.2, 0.25) is 0 Å². The molecular weight excluding hydrogens is 1350 g/mol. The van der Waals surface area contributed by atoms with Crippen LogP contribution in [-0.4, -0.2) is 79.4 Å². The molecule has 7 N–H and O–H groups in total. The lowest BCUT2D eigenvalue weighted by Gasteiger charge is -2.08. The summed E-state index contributed by atoms with van der Waals surface area (Å²) in [5, 5.41) is 44.6. The Labute approximate surface area is 625 Å². The first-order valence-corrected chi connectivity index (χ1v) is 35.4. The number of carbonyl (C=O) groups is 6. The number of nitrogens with zero attached hydrogens (tertiary/aromatic N) is 2. The molecule has 0 spiro atoms. The summed E-state index contributed by atoms with van der Waals surface area (Å²) in [6.45, 7) is 6.15. The summed E-state index contributed by atoms with van der Waals surface area (Å²) in [7, 11) is 4.03. The van der Waals surface area contributed by atoms with E-state index in [2.05, 4.69) is 66.6 Å². The number of rotatable bonds is 19. The third kappa shape index (κ3) is 18.3. The Kier molecular flexibility index (Phi) is 24.6. The number of carboxylic acid groups (broad SMARTS) is 1. The zero-order valence-electron chi connectivity index (χ0n) is 60.9. The van der Waals surface area contributed by atoms with Gasteiger partial charge in [0.25, 0.3) is 5.78 Å². The summed E-state index contributed by atoms with van der Waals surface area (Å²) in [4.78, 5) is 78.8. The molecule has 0 amide bonds. The van der Waals surface area contributed by atoms with Crippen LogP contribution in [0.15, 0.2) is 291 Å². The molecule has 0 bridgehead atoms. The second-order valence-electron chi connectivity index (χ2n) is 26.3. The molecule has 0 unspecified atom stereocenters. The summed E-state index contributed by atoms with van der Waals surface area (Å²) < 4.78 is 4.22. The minimum Gasteiger partial charge on any atom is -0.507 e. The topological polar surface area (TPSA) is 241 Å². The highest BCUT2D eigenvalue weighted by atomic mass is 16.4. The lowest BCUT2D eigenvalue weighted by Crippen LogP contribution is -2.09. The van der Waals surface area contributed by atoms with Gasteiger partial charge in [-0.2, -0.15) is 0 Å². The molecule has 0 aliphatic heterocycles. The number of fused-ring (bicyclic) bond motifs is 5. The van der Waals surface area contributed by atoms with E-state index < -0.39 is 11.8 Å². The number of aryl methyl sites for hydroxylation is 2. The smallest absolute Gasteiger partial charge is 0.376 e. The summed E-state index contributed by atoms with van der Waals surface area (Å²) in [5.41, 5.74) is 19.0. The van der Waals surface area contributed by atoms with E-state index in [0.717, 1.165) is 130 Å². The van der Waals surface area contributed by atoms with E-state index in [0.29, 0.717) is 36.1 Å². The highest BCUT2D eigenvalue weighted by molar-refractivity contribution is 6.38. The lowest BCUT2D eigenvalue weighted by atomic mass is 10.0. The molecule has 15 aromatic rings. The van der Waals surface area contributed by atoms with Crippen molar-refractivity contribution in [2.24, 2.45) is 14.1 Å². The van der Waals surface area contributed by atoms with Crippen molar-refractivity contribution in [1.29, 1.82) is 0 Å². The molecule has 0 aliphatic carbocycles. The zero-order valence-corrected chi connectivity index (χ0v) is 60.9. The van der Waals surface area contributed by atoms with Crippen LogP contribution in [0.3, 0.4) is 0 Å². The van der Waals surface area contributed by atoms with Crippen LogP contribution in [0.25, 0.3) is 71.8 Å². The fourth-order valence-corrected chi connectivity index (χ4v) is 13.7. The van der Waals surface area contributed by atoms with Crippen LogP contribution in [0.1, 0.15) is 121 Å². The van der Waals surface area contributed by atoms with Crippen molar-refractivity contribution in [3.05, 3.63) is 375 Å². The quantitative estimate of drug-likeness (QED) is 0.0175. The van der Waals surface area contributed by atoms with E-state index in [4.69, 9.17) is 5.11 Å². The van der Waals surface area contributed by atoms with Gasteiger partial charge in [0.2, 0.25) is 0 Å². The number of nitrogens with one attached hydrogen (secondary N) is 3. The number of H-pyrrole nitrogens is 3. The predicted octanol–water partition coefficient (Wildman–Crippen LogP) is 19.7. The molecule has 540 valence electrons. The van der Waals surface area contributed by atoms with Crippen LogP contribution in [-0.2, 0) is 65.4 Å². The third-order valence-corrected chi connectivity index (χ3v) is 18.5. The lowest BCUT2D eigenvalue weighted by molar-refractivity contribution is -0.146. The summed E-state index contributed by atoms with van der Waals surface area (Å²) in [6.07, 6.45) is 6.71. The van der Waals surface area contributed by atoms with Gasteiger partial charge in [0.05, 0.1) is 0 Å². The Hall–Kier alpha value is -13.7. The van der Waals surface area contributed by atoms with Gasteiger partial charge in [-0.05, 0) is 85.8 Å². The average molecular weight is 1430 g/mol. The van der Waals surface area contributed by atoms with Gasteiger partial charge in [-0.15, -0.1) is 0 Å². The molecule has 15 rings (SSSR count). The number of aromatic amines is 3. The molecule has 15 heteroatoms. The number of benzene rings is 10. The van der Waals surface area contributed by atoms with Crippen LogP contribution in [0.4, 0.5) is 0 Å². The van der Waals surface area contributed by atoms with Crippen molar-refractivity contribution >= 4 is 107 Å². The first-order chi connectivity index (χ1) is 52.2. The molecule has 0 atom stereocenters. The van der Waals surface area contributed by atoms with Crippen LogP contribution < -0.4 is 0 Å². The molecule has 0 saturated carbocycles. The van der Waals surface area contributed by atoms with Gasteiger partial charge in [0, 0.05) is 175 Å². The Bertz CT molecular complexity index is 5840. The van der Waals surface area contributed by atoms with Crippen molar-refractivity contribution in [2.75, 3.05) is 0 Å². The number of para-hydroxylation sites is 5. The molecule has 5 aromatic heterocycles. The molecule has 108 heavy (non-hydrogen) atoms. The Morgan fingerprint density at radius 2 is 0.556 bits per heavy atom. The summed E-state index contributed by atoms with van der Waals surface area (Å²) in [6, 6.07) is 89.4. The summed E-state index contributed by atoms with van der Waals surface area (Å²) >= 11 is 0. The predicted molar refractivity (Wildman–Crippen MR) is 433 cm³/mol. The Morgan fingerprint density at radius 1 is 0.296 bits per heavy atom. The minimum atomic E-state index is -1.61. The second-order valence-corrected chi connectivity index (χ2v) is 26.3. The maximum absolute atomic E-state index is 12.1. The number of Topliss-reactive ketones (excluding diaryl/α,β-unsaturated/α-hetero) is 2. The fourth-order valence-electron chi connectivity index (χ4n) is 13.7. The van der Waals surface area contributed by atoms with Gasteiger partial charge >= 0.3 is 5.97 Å². The number of aromatic nitrogens is 5. The van der Waals surface area contributed by atoms with Crippen molar-refractivity contribution in [1.82, 2.24) is 24.1 Å². The molecule has 5 heterocycles. The normalized spacial score (nSPS) is 11.4.